The van der Waals surface area contributed by atoms with E-state index in [1.807, 2.05) is 25.4 Å². The molecule has 1 heterocycles. The van der Waals surface area contributed by atoms with Crippen molar-refractivity contribution in [2.45, 2.75) is 25.2 Å². The zero-order chi connectivity index (χ0) is 12.8. The maximum atomic E-state index is 10.8. The first-order valence-electron chi connectivity index (χ1n) is 6.40. The Morgan fingerprint density at radius 3 is 2.56 bits per heavy atom. The third-order valence-electron chi connectivity index (χ3n) is 3.41. The lowest BCUT2D eigenvalue weighted by Crippen LogP contribution is -2.06. The average Bonchev–Trinajstić information content (AvgIpc) is 2.82. The van der Waals surface area contributed by atoms with E-state index in [1.165, 1.54) is 11.3 Å². The molecule has 1 aromatic heterocycles. The number of benzene rings is 1. The van der Waals surface area contributed by atoms with Crippen LogP contribution in [0.1, 0.15) is 30.0 Å². The van der Waals surface area contributed by atoms with Crippen LogP contribution in [-0.2, 0) is 18.3 Å². The highest BCUT2D eigenvalue weighted by Crippen LogP contribution is 2.24. The molecule has 2 aromatic rings. The number of hydrogen-bond acceptors (Lipinski definition) is 1. The van der Waals surface area contributed by atoms with Crippen LogP contribution in [0.5, 0.6) is 0 Å². The van der Waals surface area contributed by atoms with E-state index in [1.54, 1.807) is 0 Å². The normalized spacial score (nSPS) is 12.3. The van der Waals surface area contributed by atoms with Crippen LogP contribution in [0.15, 0.2) is 48.7 Å². The van der Waals surface area contributed by atoms with Crippen LogP contribution in [-0.4, -0.2) is 10.9 Å². The molecule has 0 saturated carbocycles. The smallest absolute Gasteiger partial charge is 0.120 e. The van der Waals surface area contributed by atoms with E-state index < -0.39 is 0 Å². The SMILES string of the molecule is Cn1cccc1[C@H](CC=O)CCc1ccccc1. The Bertz CT molecular complexity index is 487. The van der Waals surface area contributed by atoms with E-state index in [0.29, 0.717) is 12.3 Å². The van der Waals surface area contributed by atoms with Gasteiger partial charge in [-0.1, -0.05) is 30.3 Å². The van der Waals surface area contributed by atoms with Crippen LogP contribution in [0.3, 0.4) is 0 Å². The molecule has 0 saturated heterocycles. The summed E-state index contributed by atoms with van der Waals surface area (Å²) >= 11 is 0. The highest BCUT2D eigenvalue weighted by Gasteiger charge is 2.13. The standard InChI is InChI=1S/C16H19NO/c1-17-12-5-8-16(17)15(11-13-18)10-9-14-6-3-2-4-7-14/h2-8,12-13,15H,9-11H2,1H3/t15-/m0/s1. The second-order valence-electron chi connectivity index (χ2n) is 4.67. The lowest BCUT2D eigenvalue weighted by Gasteiger charge is -2.15. The van der Waals surface area contributed by atoms with Gasteiger partial charge < -0.3 is 9.36 Å². The summed E-state index contributed by atoms with van der Waals surface area (Å²) in [6.07, 6.45) is 5.70. The molecule has 0 aliphatic rings. The van der Waals surface area contributed by atoms with Crippen molar-refractivity contribution in [2.24, 2.45) is 7.05 Å². The van der Waals surface area contributed by atoms with Crippen molar-refractivity contribution in [3.05, 3.63) is 59.9 Å². The summed E-state index contributed by atoms with van der Waals surface area (Å²) in [5.41, 5.74) is 2.58. The second kappa shape index (κ2) is 6.20. The van der Waals surface area contributed by atoms with Crippen molar-refractivity contribution in [1.82, 2.24) is 4.57 Å². The Kier molecular flexibility index (Phi) is 4.35. The Labute approximate surface area is 108 Å². The van der Waals surface area contributed by atoms with E-state index in [4.69, 9.17) is 0 Å². The third-order valence-corrected chi connectivity index (χ3v) is 3.41. The molecule has 0 amide bonds. The Morgan fingerprint density at radius 2 is 1.94 bits per heavy atom. The van der Waals surface area contributed by atoms with Gasteiger partial charge >= 0.3 is 0 Å². The number of aldehydes is 1. The molecule has 0 spiro atoms. The van der Waals surface area contributed by atoms with E-state index in [-0.39, 0.29) is 0 Å². The lowest BCUT2D eigenvalue weighted by molar-refractivity contribution is -0.108. The van der Waals surface area contributed by atoms with Gasteiger partial charge in [-0.15, -0.1) is 0 Å². The van der Waals surface area contributed by atoms with E-state index in [0.717, 1.165) is 19.1 Å². The topological polar surface area (TPSA) is 22.0 Å². The molecule has 0 bridgehead atoms. The molecule has 18 heavy (non-hydrogen) atoms. The predicted octanol–water partition coefficient (Wildman–Crippen LogP) is 3.33. The van der Waals surface area contributed by atoms with Gasteiger partial charge in [-0.05, 0) is 30.5 Å². The van der Waals surface area contributed by atoms with Gasteiger partial charge in [0.1, 0.15) is 6.29 Å². The summed E-state index contributed by atoms with van der Waals surface area (Å²) in [6.45, 7) is 0. The maximum Gasteiger partial charge on any atom is 0.120 e. The van der Waals surface area contributed by atoms with Crippen LogP contribution in [0.25, 0.3) is 0 Å². The molecule has 0 radical (unpaired) electrons. The van der Waals surface area contributed by atoms with Gasteiger partial charge in [-0.3, -0.25) is 0 Å². The molecule has 2 rings (SSSR count). The van der Waals surface area contributed by atoms with Gasteiger partial charge in [0.15, 0.2) is 0 Å². The quantitative estimate of drug-likeness (QED) is 0.711. The highest BCUT2D eigenvalue weighted by atomic mass is 16.1. The van der Waals surface area contributed by atoms with E-state index in [2.05, 4.69) is 34.9 Å². The molecule has 2 nitrogen and oxygen atoms in total. The number of hydrogen-bond donors (Lipinski definition) is 0. The first kappa shape index (κ1) is 12.6. The molecule has 0 aliphatic heterocycles. The van der Waals surface area contributed by atoms with Crippen LogP contribution in [0.4, 0.5) is 0 Å². The molecular formula is C16H19NO. The van der Waals surface area contributed by atoms with Crippen molar-refractivity contribution in [2.75, 3.05) is 0 Å². The van der Waals surface area contributed by atoms with E-state index in [9.17, 15) is 4.79 Å². The monoisotopic (exact) mass is 241 g/mol. The van der Waals surface area contributed by atoms with Gasteiger partial charge in [-0.25, -0.2) is 0 Å². The first-order valence-corrected chi connectivity index (χ1v) is 6.40. The minimum absolute atomic E-state index is 0.322. The molecule has 94 valence electrons. The van der Waals surface area contributed by atoms with Gasteiger partial charge in [-0.2, -0.15) is 0 Å². The van der Waals surface area contributed by atoms with Crippen LogP contribution in [0, 0.1) is 0 Å². The highest BCUT2D eigenvalue weighted by molar-refractivity contribution is 5.51. The number of aromatic nitrogens is 1. The number of nitrogens with zero attached hydrogens (tertiary/aromatic N) is 1. The van der Waals surface area contributed by atoms with Crippen LogP contribution >= 0.6 is 0 Å². The summed E-state index contributed by atoms with van der Waals surface area (Å²) in [5, 5.41) is 0. The molecule has 0 unspecified atom stereocenters. The number of rotatable bonds is 6. The van der Waals surface area contributed by atoms with Crippen molar-refractivity contribution in [3.63, 3.8) is 0 Å². The summed E-state index contributed by atoms with van der Waals surface area (Å²) in [7, 11) is 2.04. The zero-order valence-electron chi connectivity index (χ0n) is 10.8. The number of carbonyl (C=O) groups is 1. The van der Waals surface area contributed by atoms with Crippen molar-refractivity contribution < 1.29 is 4.79 Å². The Balaban J connectivity index is 2.03. The van der Waals surface area contributed by atoms with Gasteiger partial charge in [0.25, 0.3) is 0 Å². The summed E-state index contributed by atoms with van der Waals surface area (Å²) < 4.78 is 2.11. The van der Waals surface area contributed by atoms with Gasteiger partial charge in [0.2, 0.25) is 0 Å². The largest absolute Gasteiger partial charge is 0.354 e. The molecule has 2 heteroatoms. The van der Waals surface area contributed by atoms with Gasteiger partial charge in [0, 0.05) is 31.3 Å². The van der Waals surface area contributed by atoms with Crippen molar-refractivity contribution >= 4 is 6.29 Å². The molecule has 0 fully saturated rings. The fourth-order valence-electron chi connectivity index (χ4n) is 2.39. The fourth-order valence-corrected chi connectivity index (χ4v) is 2.39. The lowest BCUT2D eigenvalue weighted by atomic mass is 9.94. The minimum atomic E-state index is 0.322. The third kappa shape index (κ3) is 3.10. The molecule has 0 aliphatic carbocycles. The maximum absolute atomic E-state index is 10.8. The molecule has 1 aromatic carbocycles. The average molecular weight is 241 g/mol. The van der Waals surface area contributed by atoms with Crippen molar-refractivity contribution in [3.8, 4) is 0 Å². The Morgan fingerprint density at radius 1 is 1.17 bits per heavy atom. The van der Waals surface area contributed by atoms with Gasteiger partial charge in [0.05, 0.1) is 0 Å². The zero-order valence-corrected chi connectivity index (χ0v) is 10.8. The minimum Gasteiger partial charge on any atom is -0.354 e. The Hall–Kier alpha value is -1.83. The number of carbonyl (C=O) groups excluding carboxylic acids is 1. The summed E-state index contributed by atoms with van der Waals surface area (Å²) in [4.78, 5) is 10.8. The first-order chi connectivity index (χ1) is 8.81. The molecule has 0 N–H and O–H groups in total. The predicted molar refractivity (Wildman–Crippen MR) is 73.6 cm³/mol. The fraction of sp³-hybridized carbons (Fsp3) is 0.312. The molecule has 1 atom stereocenters. The van der Waals surface area contributed by atoms with Crippen LogP contribution < -0.4 is 0 Å². The summed E-state index contributed by atoms with van der Waals surface area (Å²) in [5.74, 6) is 0.322. The second-order valence-corrected chi connectivity index (χ2v) is 4.67. The van der Waals surface area contributed by atoms with E-state index >= 15 is 0 Å². The number of aryl methyl sites for hydroxylation is 2. The van der Waals surface area contributed by atoms with Crippen LogP contribution in [0.2, 0.25) is 0 Å². The summed E-state index contributed by atoms with van der Waals surface area (Å²) in [6, 6.07) is 14.6. The molecular weight excluding hydrogens is 222 g/mol. The van der Waals surface area contributed by atoms with Crippen molar-refractivity contribution in [1.29, 1.82) is 0 Å².